The van der Waals surface area contributed by atoms with Crippen molar-refractivity contribution in [3.63, 3.8) is 0 Å². The molecule has 0 bridgehead atoms. The van der Waals surface area contributed by atoms with Crippen LogP contribution in [0.4, 0.5) is 5.69 Å². The number of benzene rings is 1. The highest BCUT2D eigenvalue weighted by atomic mass is 35.5. The van der Waals surface area contributed by atoms with Gasteiger partial charge in [0.25, 0.3) is 0 Å². The second-order valence-corrected chi connectivity index (χ2v) is 4.82. The molecule has 21 heavy (non-hydrogen) atoms. The average Bonchev–Trinajstić information content (AvgIpc) is 2.41. The second kappa shape index (κ2) is 11.8. The molecule has 0 radical (unpaired) electrons. The van der Waals surface area contributed by atoms with Crippen molar-refractivity contribution in [2.45, 2.75) is 32.6 Å². The van der Waals surface area contributed by atoms with Gasteiger partial charge in [-0.2, -0.15) is 0 Å². The van der Waals surface area contributed by atoms with Gasteiger partial charge < -0.3 is 22.9 Å². The molecule has 6 nitrogen and oxygen atoms in total. The van der Waals surface area contributed by atoms with Crippen molar-refractivity contribution >= 4 is 29.2 Å². The van der Waals surface area contributed by atoms with Crippen molar-refractivity contribution in [3.8, 4) is 0 Å². The van der Waals surface area contributed by atoms with Gasteiger partial charge in [0.1, 0.15) is 0 Å². The Kier molecular flexibility index (Phi) is 10.7. The normalized spacial score (nSPS) is 9.24. The Balaban J connectivity index is 0.000000384. The highest BCUT2D eigenvalue weighted by molar-refractivity contribution is 6.30. The van der Waals surface area contributed by atoms with Crippen LogP contribution in [0, 0.1) is 0 Å². The van der Waals surface area contributed by atoms with E-state index in [2.05, 4.69) is 16.9 Å². The topological polar surface area (TPSA) is 129 Å². The van der Waals surface area contributed by atoms with Crippen molar-refractivity contribution in [3.05, 3.63) is 29.3 Å². The van der Waals surface area contributed by atoms with Crippen LogP contribution in [0.15, 0.2) is 34.3 Å². The smallest absolute Gasteiger partial charge is 0.191 e. The molecule has 8 N–H and O–H groups in total. The van der Waals surface area contributed by atoms with Gasteiger partial charge in [-0.25, -0.2) is 4.99 Å². The maximum absolute atomic E-state index is 5.64. The summed E-state index contributed by atoms with van der Waals surface area (Å²) in [5.74, 6) is 0.254. The Morgan fingerprint density at radius 2 is 1.57 bits per heavy atom. The van der Waals surface area contributed by atoms with E-state index in [4.69, 9.17) is 34.5 Å². The summed E-state index contributed by atoms with van der Waals surface area (Å²) in [4.78, 5) is 7.68. The van der Waals surface area contributed by atoms with Crippen LogP contribution in [0.1, 0.15) is 32.6 Å². The molecule has 0 fully saturated rings. The number of hydrogen-bond donors (Lipinski definition) is 4. The predicted octanol–water partition coefficient (Wildman–Crippen LogP) is 2.09. The zero-order valence-corrected chi connectivity index (χ0v) is 13.2. The first-order valence-corrected chi connectivity index (χ1v) is 7.24. The molecule has 0 aliphatic heterocycles. The van der Waals surface area contributed by atoms with Crippen molar-refractivity contribution in [2.24, 2.45) is 32.9 Å². The summed E-state index contributed by atoms with van der Waals surface area (Å²) in [7, 11) is 0. The van der Waals surface area contributed by atoms with Crippen molar-refractivity contribution in [1.82, 2.24) is 0 Å². The third kappa shape index (κ3) is 12.8. The molecule has 0 atom stereocenters. The Morgan fingerprint density at radius 1 is 0.952 bits per heavy atom. The number of guanidine groups is 2. The SMILES string of the molecule is CCCCCCN=C(N)N.NC(N)=Nc1ccc(Cl)cc1. The van der Waals surface area contributed by atoms with Crippen LogP contribution in [0.5, 0.6) is 0 Å². The number of aliphatic imine (C=N–C) groups is 2. The molecule has 0 amide bonds. The first kappa shape index (κ1) is 19.1. The van der Waals surface area contributed by atoms with Gasteiger partial charge >= 0.3 is 0 Å². The third-order valence-corrected chi connectivity index (χ3v) is 2.64. The van der Waals surface area contributed by atoms with Gasteiger partial charge in [0.15, 0.2) is 11.9 Å². The van der Waals surface area contributed by atoms with Gasteiger partial charge in [-0.15, -0.1) is 0 Å². The Bertz CT molecular complexity index is 433. The van der Waals surface area contributed by atoms with Gasteiger partial charge in [-0.05, 0) is 30.7 Å². The number of hydrogen-bond acceptors (Lipinski definition) is 2. The molecule has 0 aliphatic carbocycles. The maximum Gasteiger partial charge on any atom is 0.191 e. The molecule has 7 heteroatoms. The van der Waals surface area contributed by atoms with Gasteiger partial charge in [-0.1, -0.05) is 37.8 Å². The van der Waals surface area contributed by atoms with Crippen LogP contribution in [0.2, 0.25) is 5.02 Å². The molecule has 0 heterocycles. The zero-order valence-electron chi connectivity index (χ0n) is 12.4. The van der Waals surface area contributed by atoms with Crippen LogP contribution in [0.3, 0.4) is 0 Å². The van der Waals surface area contributed by atoms with E-state index in [-0.39, 0.29) is 11.9 Å². The summed E-state index contributed by atoms with van der Waals surface area (Å²) in [6.45, 7) is 2.96. The van der Waals surface area contributed by atoms with Crippen LogP contribution in [-0.4, -0.2) is 18.5 Å². The molecule has 0 aliphatic rings. The summed E-state index contributed by atoms with van der Waals surface area (Å²) in [5, 5.41) is 0.666. The summed E-state index contributed by atoms with van der Waals surface area (Å²) < 4.78 is 0. The Labute approximate surface area is 131 Å². The summed E-state index contributed by atoms with van der Waals surface area (Å²) in [6.07, 6.45) is 4.86. The monoisotopic (exact) mass is 312 g/mol. The van der Waals surface area contributed by atoms with Crippen LogP contribution in [0.25, 0.3) is 0 Å². The average molecular weight is 313 g/mol. The lowest BCUT2D eigenvalue weighted by Gasteiger charge is -1.94. The number of halogens is 1. The fraction of sp³-hybridized carbons (Fsp3) is 0.429. The van der Waals surface area contributed by atoms with Gasteiger partial charge in [0.2, 0.25) is 0 Å². The largest absolute Gasteiger partial charge is 0.370 e. The zero-order chi connectivity index (χ0) is 16.1. The first-order valence-electron chi connectivity index (χ1n) is 6.86. The van der Waals surface area contributed by atoms with Crippen molar-refractivity contribution in [1.29, 1.82) is 0 Å². The summed E-state index contributed by atoms with van der Waals surface area (Å²) in [5.41, 5.74) is 21.3. The molecular formula is C14H25ClN6. The molecule has 0 saturated heterocycles. The molecule has 0 aromatic heterocycles. The highest BCUT2D eigenvalue weighted by Crippen LogP contribution is 2.15. The van der Waals surface area contributed by atoms with Gasteiger partial charge in [-0.3, -0.25) is 4.99 Å². The number of nitrogens with zero attached hydrogens (tertiary/aromatic N) is 2. The lowest BCUT2D eigenvalue weighted by Crippen LogP contribution is -2.22. The van der Waals surface area contributed by atoms with E-state index < -0.39 is 0 Å². The molecule has 0 unspecified atom stereocenters. The third-order valence-electron chi connectivity index (χ3n) is 2.39. The van der Waals surface area contributed by atoms with E-state index in [0.29, 0.717) is 10.7 Å². The van der Waals surface area contributed by atoms with Crippen LogP contribution >= 0.6 is 11.6 Å². The number of nitrogens with two attached hydrogens (primary N) is 4. The fourth-order valence-corrected chi connectivity index (χ4v) is 1.54. The minimum atomic E-state index is 0.0484. The quantitative estimate of drug-likeness (QED) is 0.364. The Hall–Kier alpha value is -1.95. The molecule has 1 aromatic rings. The van der Waals surface area contributed by atoms with Crippen molar-refractivity contribution in [2.75, 3.05) is 6.54 Å². The van der Waals surface area contributed by atoms with Gasteiger partial charge in [0.05, 0.1) is 5.69 Å². The lowest BCUT2D eigenvalue weighted by molar-refractivity contribution is 0.674. The molecule has 0 spiro atoms. The van der Waals surface area contributed by atoms with Crippen LogP contribution in [-0.2, 0) is 0 Å². The van der Waals surface area contributed by atoms with E-state index in [9.17, 15) is 0 Å². The minimum Gasteiger partial charge on any atom is -0.370 e. The van der Waals surface area contributed by atoms with E-state index in [1.165, 1.54) is 19.3 Å². The van der Waals surface area contributed by atoms with E-state index >= 15 is 0 Å². The van der Waals surface area contributed by atoms with E-state index in [0.717, 1.165) is 13.0 Å². The highest BCUT2D eigenvalue weighted by Gasteiger charge is 1.89. The van der Waals surface area contributed by atoms with E-state index in [1.54, 1.807) is 24.3 Å². The summed E-state index contributed by atoms with van der Waals surface area (Å²) in [6, 6.07) is 6.93. The first-order chi connectivity index (χ1) is 9.95. The fourth-order valence-electron chi connectivity index (χ4n) is 1.41. The summed E-state index contributed by atoms with van der Waals surface area (Å²) >= 11 is 5.64. The number of unbranched alkanes of at least 4 members (excludes halogenated alkanes) is 3. The number of rotatable bonds is 6. The van der Waals surface area contributed by atoms with Crippen LogP contribution < -0.4 is 22.9 Å². The standard InChI is InChI=1S/C7H8ClN3.C7H17N3/c8-5-1-3-6(4-2-5)11-7(9)10;1-2-3-4-5-6-10-7(8)9/h1-4H,(H4,9,10,11);2-6H2,1H3,(H4,8,9,10). The molecule has 1 rings (SSSR count). The maximum atomic E-state index is 5.64. The lowest BCUT2D eigenvalue weighted by atomic mass is 10.2. The Morgan fingerprint density at radius 3 is 2.05 bits per heavy atom. The molecular weight excluding hydrogens is 288 g/mol. The second-order valence-electron chi connectivity index (χ2n) is 4.38. The molecule has 0 saturated carbocycles. The van der Waals surface area contributed by atoms with Crippen molar-refractivity contribution < 1.29 is 0 Å². The van der Waals surface area contributed by atoms with Gasteiger partial charge in [0, 0.05) is 11.6 Å². The predicted molar refractivity (Wildman–Crippen MR) is 91.7 cm³/mol. The molecule has 118 valence electrons. The minimum absolute atomic E-state index is 0.0484. The van der Waals surface area contributed by atoms with E-state index in [1.807, 2.05) is 0 Å². The molecule has 1 aromatic carbocycles.